The lowest BCUT2D eigenvalue weighted by molar-refractivity contribution is -0.119. The fraction of sp³-hybridized carbons (Fsp3) is 0.350. The summed E-state index contributed by atoms with van der Waals surface area (Å²) in [6, 6.07) is 12.4. The average Bonchev–Trinajstić information content (AvgIpc) is 2.65. The van der Waals surface area contributed by atoms with E-state index in [-0.39, 0.29) is 20.4 Å². The summed E-state index contributed by atoms with van der Waals surface area (Å²) in [5.41, 5.74) is 0.155. The third-order valence-electron chi connectivity index (χ3n) is 3.75. The smallest absolute Gasteiger partial charge is 0.264 e. The van der Waals surface area contributed by atoms with Gasteiger partial charge in [-0.05, 0) is 30.3 Å². The van der Waals surface area contributed by atoms with Crippen LogP contribution in [0.2, 0.25) is 10.0 Å². The highest BCUT2D eigenvalue weighted by molar-refractivity contribution is 8.00. The molecule has 0 fully saturated rings. The first-order chi connectivity index (χ1) is 13.5. The summed E-state index contributed by atoms with van der Waals surface area (Å²) >= 11 is 14.0. The predicted molar refractivity (Wildman–Crippen MR) is 123 cm³/mol. The van der Waals surface area contributed by atoms with Crippen molar-refractivity contribution >= 4 is 56.6 Å². The number of carbonyl (C=O) groups is 1. The van der Waals surface area contributed by atoms with E-state index in [0.29, 0.717) is 11.6 Å². The Hall–Kier alpha value is -1.41. The zero-order valence-electron chi connectivity index (χ0n) is 16.5. The highest BCUT2D eigenvalue weighted by Gasteiger charge is 2.28. The summed E-state index contributed by atoms with van der Waals surface area (Å²) in [5.74, 6) is 0.300. The Labute approximate surface area is 186 Å². The first-order valence-corrected chi connectivity index (χ1v) is 12.1. The number of nitrogens with one attached hydrogen (secondary N) is 1. The van der Waals surface area contributed by atoms with Crippen LogP contribution in [0.5, 0.6) is 0 Å². The second-order valence-corrected chi connectivity index (χ2v) is 11.9. The maximum absolute atomic E-state index is 13.2. The molecule has 2 aromatic carbocycles. The minimum absolute atomic E-state index is 0.0622. The molecule has 0 aliphatic carbocycles. The van der Waals surface area contributed by atoms with Gasteiger partial charge in [0.2, 0.25) is 5.91 Å². The van der Waals surface area contributed by atoms with Crippen molar-refractivity contribution in [2.45, 2.75) is 30.4 Å². The van der Waals surface area contributed by atoms with Gasteiger partial charge in [0.05, 0.1) is 15.6 Å². The number of rotatable bonds is 8. The Kier molecular flexibility index (Phi) is 8.28. The lowest BCUT2D eigenvalue weighted by atomic mass is 10.3. The molecule has 1 N–H and O–H groups in total. The van der Waals surface area contributed by atoms with Crippen LogP contribution in [0.25, 0.3) is 0 Å². The number of hydrogen-bond donors (Lipinski definition) is 1. The SMILES string of the molecule is CC(C)(C)SCCNC(=O)CN(c1cc(Cl)ccc1Cl)S(=O)(=O)c1ccccc1. The molecule has 0 aliphatic heterocycles. The monoisotopic (exact) mass is 474 g/mol. The number of sulfonamides is 1. The Balaban J connectivity index is 2.27. The molecule has 0 bridgehead atoms. The normalized spacial score (nSPS) is 11.9. The van der Waals surface area contributed by atoms with E-state index in [9.17, 15) is 13.2 Å². The minimum Gasteiger partial charge on any atom is -0.354 e. The summed E-state index contributed by atoms with van der Waals surface area (Å²) < 4.78 is 27.5. The van der Waals surface area contributed by atoms with Crippen LogP contribution in [-0.2, 0) is 14.8 Å². The van der Waals surface area contributed by atoms with Crippen LogP contribution < -0.4 is 9.62 Å². The zero-order chi connectivity index (χ0) is 21.7. The number of nitrogens with zero attached hydrogens (tertiary/aromatic N) is 1. The molecule has 1 amide bonds. The van der Waals surface area contributed by atoms with Gasteiger partial charge < -0.3 is 5.32 Å². The highest BCUT2D eigenvalue weighted by Crippen LogP contribution is 2.32. The maximum atomic E-state index is 13.2. The third-order valence-corrected chi connectivity index (χ3v) is 7.36. The van der Waals surface area contributed by atoms with Gasteiger partial charge in [0.1, 0.15) is 6.54 Å². The second kappa shape index (κ2) is 10.1. The number of anilines is 1. The number of carbonyl (C=O) groups excluding carboxylic acids is 1. The highest BCUT2D eigenvalue weighted by atomic mass is 35.5. The lowest BCUT2D eigenvalue weighted by Gasteiger charge is -2.25. The van der Waals surface area contributed by atoms with Crippen LogP contribution in [0.4, 0.5) is 5.69 Å². The lowest BCUT2D eigenvalue weighted by Crippen LogP contribution is -2.41. The van der Waals surface area contributed by atoms with Crippen LogP contribution in [0.1, 0.15) is 20.8 Å². The van der Waals surface area contributed by atoms with E-state index in [2.05, 4.69) is 26.1 Å². The van der Waals surface area contributed by atoms with Crippen molar-refractivity contribution in [1.82, 2.24) is 5.32 Å². The minimum atomic E-state index is -4.02. The first kappa shape index (κ1) is 23.9. The molecule has 0 saturated heterocycles. The molecule has 29 heavy (non-hydrogen) atoms. The fourth-order valence-electron chi connectivity index (χ4n) is 2.43. The number of benzene rings is 2. The molecule has 0 heterocycles. The zero-order valence-corrected chi connectivity index (χ0v) is 19.6. The summed E-state index contributed by atoms with van der Waals surface area (Å²) in [5, 5.41) is 3.28. The molecule has 158 valence electrons. The number of hydrogen-bond acceptors (Lipinski definition) is 4. The molecule has 0 spiro atoms. The van der Waals surface area contributed by atoms with E-state index < -0.39 is 22.5 Å². The number of amides is 1. The molecule has 0 aliphatic rings. The fourth-order valence-corrected chi connectivity index (χ4v) is 5.14. The molecule has 0 unspecified atom stereocenters. The van der Waals surface area contributed by atoms with Crippen molar-refractivity contribution in [3.8, 4) is 0 Å². The molecule has 2 aromatic rings. The summed E-state index contributed by atoms with van der Waals surface area (Å²) in [7, 11) is -4.02. The van der Waals surface area contributed by atoms with Crippen LogP contribution in [0.15, 0.2) is 53.4 Å². The van der Waals surface area contributed by atoms with Gasteiger partial charge in [0.25, 0.3) is 10.0 Å². The van der Waals surface area contributed by atoms with Crippen molar-refractivity contribution in [3.63, 3.8) is 0 Å². The topological polar surface area (TPSA) is 66.5 Å². The number of thioether (sulfide) groups is 1. The van der Waals surface area contributed by atoms with Crippen LogP contribution in [0, 0.1) is 0 Å². The quantitative estimate of drug-likeness (QED) is 0.555. The van der Waals surface area contributed by atoms with E-state index in [1.54, 1.807) is 36.0 Å². The summed E-state index contributed by atoms with van der Waals surface area (Å²) in [4.78, 5) is 12.6. The molecule has 0 saturated carbocycles. The molecular weight excluding hydrogens is 451 g/mol. The third kappa shape index (κ3) is 7.10. The van der Waals surface area contributed by atoms with Gasteiger partial charge in [-0.25, -0.2) is 8.42 Å². The van der Waals surface area contributed by atoms with Crippen molar-refractivity contribution in [1.29, 1.82) is 0 Å². The van der Waals surface area contributed by atoms with Gasteiger partial charge in [-0.1, -0.05) is 62.2 Å². The van der Waals surface area contributed by atoms with Crippen molar-refractivity contribution < 1.29 is 13.2 Å². The van der Waals surface area contributed by atoms with Crippen molar-refractivity contribution in [2.24, 2.45) is 0 Å². The molecule has 2 rings (SSSR count). The van der Waals surface area contributed by atoms with Gasteiger partial charge >= 0.3 is 0 Å². The van der Waals surface area contributed by atoms with Crippen LogP contribution >= 0.6 is 35.0 Å². The standard InChI is InChI=1S/C20H24Cl2N2O3S2/c1-20(2,3)28-12-11-23-19(25)14-24(18-13-15(21)9-10-17(18)22)29(26,27)16-7-5-4-6-8-16/h4-10,13H,11-12,14H2,1-3H3,(H,23,25). The molecular formula is C20H24Cl2N2O3S2. The van der Waals surface area contributed by atoms with Gasteiger partial charge in [-0.15, -0.1) is 0 Å². The maximum Gasteiger partial charge on any atom is 0.264 e. The molecule has 0 aromatic heterocycles. The van der Waals surface area contributed by atoms with Gasteiger partial charge in [0, 0.05) is 22.1 Å². The Morgan fingerprint density at radius 2 is 1.76 bits per heavy atom. The summed E-state index contributed by atoms with van der Waals surface area (Å²) in [6.45, 7) is 6.30. The van der Waals surface area contributed by atoms with Gasteiger partial charge in [-0.2, -0.15) is 11.8 Å². The Bertz CT molecular complexity index is 946. The first-order valence-electron chi connectivity index (χ1n) is 8.94. The molecule has 9 heteroatoms. The number of halogens is 2. The molecule has 5 nitrogen and oxygen atoms in total. The predicted octanol–water partition coefficient (Wildman–Crippen LogP) is 4.84. The van der Waals surface area contributed by atoms with E-state index >= 15 is 0 Å². The van der Waals surface area contributed by atoms with Crippen molar-refractivity contribution in [3.05, 3.63) is 58.6 Å². The second-order valence-electron chi connectivity index (χ2n) is 7.23. The Morgan fingerprint density at radius 3 is 2.38 bits per heavy atom. The van der Waals surface area contributed by atoms with Crippen LogP contribution in [-0.4, -0.2) is 37.9 Å². The van der Waals surface area contributed by atoms with Gasteiger partial charge in [0.15, 0.2) is 0 Å². The van der Waals surface area contributed by atoms with E-state index in [0.717, 1.165) is 10.1 Å². The molecule has 0 atom stereocenters. The van der Waals surface area contributed by atoms with E-state index in [1.165, 1.54) is 24.3 Å². The van der Waals surface area contributed by atoms with E-state index in [4.69, 9.17) is 23.2 Å². The largest absolute Gasteiger partial charge is 0.354 e. The van der Waals surface area contributed by atoms with Crippen molar-refractivity contribution in [2.75, 3.05) is 23.1 Å². The van der Waals surface area contributed by atoms with Gasteiger partial charge in [-0.3, -0.25) is 9.10 Å². The Morgan fingerprint density at radius 1 is 1.10 bits per heavy atom. The van der Waals surface area contributed by atoms with E-state index in [1.807, 2.05) is 0 Å². The van der Waals surface area contributed by atoms with Crippen LogP contribution in [0.3, 0.4) is 0 Å². The average molecular weight is 475 g/mol. The summed E-state index contributed by atoms with van der Waals surface area (Å²) in [6.07, 6.45) is 0. The molecule has 0 radical (unpaired) electrons.